The maximum atomic E-state index is 9.92. The number of nitrogens with zero attached hydrogens (tertiary/aromatic N) is 1. The van der Waals surface area contributed by atoms with Crippen molar-refractivity contribution in [3.63, 3.8) is 0 Å². The summed E-state index contributed by atoms with van der Waals surface area (Å²) < 4.78 is 0. The second kappa shape index (κ2) is 5.83. The molecule has 1 atom stereocenters. The molecule has 0 amide bonds. The van der Waals surface area contributed by atoms with Gasteiger partial charge in [0, 0.05) is 14.8 Å². The Hall–Kier alpha value is -0.550. The van der Waals surface area contributed by atoms with Gasteiger partial charge in [-0.1, -0.05) is 17.7 Å². The molecule has 2 aromatic rings. The van der Waals surface area contributed by atoms with Crippen molar-refractivity contribution in [1.82, 2.24) is 4.98 Å². The third kappa shape index (κ3) is 3.14. The number of aryl methyl sites for hydroxylation is 1. The zero-order chi connectivity index (χ0) is 13.2. The molecule has 1 unspecified atom stereocenters. The molecule has 2 nitrogen and oxygen atoms in total. The Morgan fingerprint density at radius 3 is 3.16 bits per heavy atom. The van der Waals surface area contributed by atoms with E-state index in [1.165, 1.54) is 4.88 Å². The van der Waals surface area contributed by atoms with Crippen LogP contribution in [0.25, 0.3) is 0 Å². The number of thiazole rings is 1. The van der Waals surface area contributed by atoms with Crippen LogP contribution >= 0.6 is 34.7 Å². The van der Waals surface area contributed by atoms with Crippen LogP contribution in [0.5, 0.6) is 0 Å². The normalized spacial score (nSPS) is 18.3. The minimum absolute atomic E-state index is 0.357. The van der Waals surface area contributed by atoms with E-state index in [1.54, 1.807) is 23.1 Å². The van der Waals surface area contributed by atoms with Gasteiger partial charge in [-0.05, 0) is 37.5 Å². The van der Waals surface area contributed by atoms with Gasteiger partial charge in [-0.2, -0.15) is 0 Å². The Labute approximate surface area is 125 Å². The number of halogens is 1. The smallest absolute Gasteiger partial charge is 0.103 e. The Balaban J connectivity index is 1.71. The molecule has 1 heterocycles. The van der Waals surface area contributed by atoms with Crippen molar-refractivity contribution >= 4 is 34.7 Å². The summed E-state index contributed by atoms with van der Waals surface area (Å²) in [5, 5.41) is 11.8. The largest absolute Gasteiger partial charge is 0.387 e. The molecular weight excluding hydrogens is 298 g/mol. The number of rotatable bonds is 3. The summed E-state index contributed by atoms with van der Waals surface area (Å²) in [6.07, 6.45) is 2.62. The molecule has 1 aliphatic rings. The van der Waals surface area contributed by atoms with E-state index in [1.807, 2.05) is 18.2 Å². The summed E-state index contributed by atoms with van der Waals surface area (Å²) in [5.74, 6) is 0.838. The predicted molar refractivity (Wildman–Crippen MR) is 81.0 cm³/mol. The minimum atomic E-state index is -0.357. The Morgan fingerprint density at radius 1 is 1.47 bits per heavy atom. The number of hydrogen-bond donors (Lipinski definition) is 1. The molecule has 1 aromatic heterocycles. The van der Waals surface area contributed by atoms with Crippen molar-refractivity contribution in [2.75, 3.05) is 0 Å². The monoisotopic (exact) mass is 311 g/mol. The van der Waals surface area contributed by atoms with Crippen LogP contribution in [-0.2, 0) is 12.2 Å². The summed E-state index contributed by atoms with van der Waals surface area (Å²) in [7, 11) is 0. The second-order valence-electron chi connectivity index (χ2n) is 4.57. The summed E-state index contributed by atoms with van der Waals surface area (Å²) in [6, 6.07) is 7.86. The van der Waals surface area contributed by atoms with Crippen LogP contribution in [0.15, 0.2) is 29.2 Å². The fraction of sp³-hybridized carbons (Fsp3) is 0.357. The number of hydrogen-bond acceptors (Lipinski definition) is 4. The molecule has 100 valence electrons. The zero-order valence-corrected chi connectivity index (χ0v) is 12.7. The van der Waals surface area contributed by atoms with Crippen LogP contribution in [0.2, 0.25) is 5.02 Å². The first kappa shape index (κ1) is 13.4. The molecule has 0 radical (unpaired) electrons. The van der Waals surface area contributed by atoms with Crippen LogP contribution in [-0.4, -0.2) is 10.1 Å². The summed E-state index contributed by atoms with van der Waals surface area (Å²) in [5.41, 5.74) is 0.915. The summed E-state index contributed by atoms with van der Waals surface area (Å²) >= 11 is 9.44. The van der Waals surface area contributed by atoms with Crippen molar-refractivity contribution in [2.24, 2.45) is 0 Å². The lowest BCUT2D eigenvalue weighted by Crippen LogP contribution is -2.07. The second-order valence-corrected chi connectivity index (χ2v) is 7.22. The fourth-order valence-corrected chi connectivity index (χ4v) is 4.58. The van der Waals surface area contributed by atoms with Crippen LogP contribution in [0.1, 0.15) is 34.5 Å². The van der Waals surface area contributed by atoms with Crippen molar-refractivity contribution in [1.29, 1.82) is 0 Å². The van der Waals surface area contributed by atoms with Crippen molar-refractivity contribution in [2.45, 2.75) is 36.0 Å². The number of aliphatic hydroxyl groups is 1. The lowest BCUT2D eigenvalue weighted by Gasteiger charge is -2.14. The molecule has 0 spiro atoms. The molecular formula is C14H14ClNOS2. The molecule has 3 rings (SSSR count). The van der Waals surface area contributed by atoms with Gasteiger partial charge in [-0.3, -0.25) is 0 Å². The fourth-order valence-electron chi connectivity index (χ4n) is 2.21. The van der Waals surface area contributed by atoms with Crippen LogP contribution in [0.4, 0.5) is 0 Å². The average Bonchev–Trinajstić information content (AvgIpc) is 2.81. The predicted octanol–water partition coefficient (Wildman–Crippen LogP) is 4.46. The lowest BCUT2D eigenvalue weighted by molar-refractivity contribution is 0.153. The van der Waals surface area contributed by atoms with Gasteiger partial charge in [0.25, 0.3) is 0 Å². The number of thioether (sulfide) groups is 1. The van der Waals surface area contributed by atoms with Crippen LogP contribution in [0.3, 0.4) is 0 Å². The first-order valence-corrected chi connectivity index (χ1v) is 8.45. The molecule has 0 bridgehead atoms. The van der Waals surface area contributed by atoms with E-state index >= 15 is 0 Å². The van der Waals surface area contributed by atoms with Crippen molar-refractivity contribution in [3.05, 3.63) is 44.9 Å². The van der Waals surface area contributed by atoms with Gasteiger partial charge >= 0.3 is 0 Å². The third-order valence-corrected chi connectivity index (χ3v) is 5.68. The molecule has 5 heteroatoms. The SMILES string of the molecule is OC1CCCc2sc(CSc3cccc(Cl)c3)nc21. The average molecular weight is 312 g/mol. The van der Waals surface area contributed by atoms with Crippen LogP contribution < -0.4 is 0 Å². The van der Waals surface area contributed by atoms with Gasteiger partial charge in [0.05, 0.1) is 17.6 Å². The van der Waals surface area contributed by atoms with E-state index in [9.17, 15) is 5.11 Å². The van der Waals surface area contributed by atoms with Gasteiger partial charge in [0.2, 0.25) is 0 Å². The first-order valence-electron chi connectivity index (χ1n) is 6.27. The number of aliphatic hydroxyl groups excluding tert-OH is 1. The van der Waals surface area contributed by atoms with Gasteiger partial charge in [-0.25, -0.2) is 4.98 Å². The van der Waals surface area contributed by atoms with Crippen molar-refractivity contribution < 1.29 is 5.11 Å². The van der Waals surface area contributed by atoms with Gasteiger partial charge in [0.1, 0.15) is 5.01 Å². The van der Waals surface area contributed by atoms with E-state index in [-0.39, 0.29) is 6.10 Å². The number of benzene rings is 1. The first-order chi connectivity index (χ1) is 9.22. The maximum absolute atomic E-state index is 9.92. The maximum Gasteiger partial charge on any atom is 0.103 e. The van der Waals surface area contributed by atoms with Crippen LogP contribution in [0, 0.1) is 0 Å². The minimum Gasteiger partial charge on any atom is -0.387 e. The Bertz CT molecular complexity index is 585. The molecule has 1 aromatic carbocycles. The molecule has 19 heavy (non-hydrogen) atoms. The zero-order valence-electron chi connectivity index (χ0n) is 10.3. The van der Waals surface area contributed by atoms with E-state index < -0.39 is 0 Å². The highest BCUT2D eigenvalue weighted by molar-refractivity contribution is 7.98. The summed E-state index contributed by atoms with van der Waals surface area (Å²) in [6.45, 7) is 0. The van der Waals surface area contributed by atoms with Gasteiger partial charge in [0.15, 0.2) is 0 Å². The number of fused-ring (bicyclic) bond motifs is 1. The lowest BCUT2D eigenvalue weighted by atomic mass is 10.0. The Morgan fingerprint density at radius 2 is 2.37 bits per heavy atom. The van der Waals surface area contributed by atoms with E-state index in [0.717, 1.165) is 45.6 Å². The van der Waals surface area contributed by atoms with Crippen molar-refractivity contribution in [3.8, 4) is 0 Å². The third-order valence-electron chi connectivity index (χ3n) is 3.13. The van der Waals surface area contributed by atoms with Gasteiger partial charge < -0.3 is 5.11 Å². The molecule has 0 saturated carbocycles. The highest BCUT2D eigenvalue weighted by Gasteiger charge is 2.22. The molecule has 1 N–H and O–H groups in total. The van der Waals surface area contributed by atoms with E-state index in [2.05, 4.69) is 11.1 Å². The molecule has 0 aliphatic heterocycles. The summed E-state index contributed by atoms with van der Waals surface area (Å²) in [4.78, 5) is 7.00. The van der Waals surface area contributed by atoms with Gasteiger partial charge in [-0.15, -0.1) is 23.1 Å². The molecule has 1 aliphatic carbocycles. The Kier molecular flexibility index (Phi) is 4.12. The van der Waals surface area contributed by atoms with E-state index in [4.69, 9.17) is 11.6 Å². The standard InChI is InChI=1S/C14H14ClNOS2/c15-9-3-1-4-10(7-9)18-8-13-16-14-11(17)5-2-6-12(14)19-13/h1,3-4,7,11,17H,2,5-6,8H2. The van der Waals surface area contributed by atoms with E-state index in [0.29, 0.717) is 0 Å². The molecule has 0 fully saturated rings. The number of aromatic nitrogens is 1. The highest BCUT2D eigenvalue weighted by Crippen LogP contribution is 2.35. The quantitative estimate of drug-likeness (QED) is 0.850. The topological polar surface area (TPSA) is 33.1 Å². The molecule has 0 saturated heterocycles. The highest BCUT2D eigenvalue weighted by atomic mass is 35.5.